The molecule has 0 amide bonds. The zero-order valence-electron chi connectivity index (χ0n) is 15.4. The van der Waals surface area contributed by atoms with Crippen LogP contribution in [0.25, 0.3) is 16.7 Å². The highest BCUT2D eigenvalue weighted by Crippen LogP contribution is 2.40. The minimum atomic E-state index is 0.423. The molecule has 2 nitrogen and oxygen atoms in total. The standard InChI is InChI=1S/C21H28O2/c1-8-18-15(6)20(16-9-11-17(22-7)12-10-16)21(23-18)19(13(2)3)14(4)5/h9-13H,8H2,1-7H3. The number of hydrogen-bond acceptors (Lipinski definition) is 2. The van der Waals surface area contributed by atoms with Crippen molar-refractivity contribution in [1.82, 2.24) is 0 Å². The molecule has 0 bridgehead atoms. The summed E-state index contributed by atoms with van der Waals surface area (Å²) in [6.07, 6.45) is 0.906. The number of rotatable bonds is 5. The molecule has 0 aliphatic heterocycles. The van der Waals surface area contributed by atoms with Crippen molar-refractivity contribution in [3.05, 3.63) is 46.9 Å². The van der Waals surface area contributed by atoms with Crippen LogP contribution in [-0.2, 0) is 6.42 Å². The van der Waals surface area contributed by atoms with Crippen LogP contribution in [0.4, 0.5) is 0 Å². The van der Waals surface area contributed by atoms with Crippen molar-refractivity contribution in [2.24, 2.45) is 5.92 Å². The maximum atomic E-state index is 6.30. The van der Waals surface area contributed by atoms with Crippen LogP contribution in [0.15, 0.2) is 34.3 Å². The molecular weight excluding hydrogens is 284 g/mol. The topological polar surface area (TPSA) is 22.4 Å². The van der Waals surface area contributed by atoms with Gasteiger partial charge in [0.05, 0.1) is 7.11 Å². The number of benzene rings is 1. The van der Waals surface area contributed by atoms with Crippen LogP contribution < -0.4 is 4.74 Å². The molecular formula is C21H28O2. The molecule has 0 aliphatic rings. The van der Waals surface area contributed by atoms with Crippen molar-refractivity contribution in [3.8, 4) is 16.9 Å². The molecule has 1 heterocycles. The molecule has 23 heavy (non-hydrogen) atoms. The van der Waals surface area contributed by atoms with E-state index in [4.69, 9.17) is 9.15 Å². The van der Waals surface area contributed by atoms with Crippen molar-refractivity contribution < 1.29 is 9.15 Å². The predicted molar refractivity (Wildman–Crippen MR) is 97.9 cm³/mol. The SMILES string of the molecule is CCc1oc(C(=C(C)C)C(C)C)c(-c2ccc(OC)cc2)c1C. The van der Waals surface area contributed by atoms with Crippen molar-refractivity contribution >= 4 is 5.57 Å². The first-order chi connectivity index (χ1) is 10.9. The monoisotopic (exact) mass is 312 g/mol. The quantitative estimate of drug-likeness (QED) is 0.648. The third kappa shape index (κ3) is 3.36. The lowest BCUT2D eigenvalue weighted by atomic mass is 9.90. The summed E-state index contributed by atoms with van der Waals surface area (Å²) in [5, 5.41) is 0. The number of aryl methyl sites for hydroxylation is 1. The summed E-state index contributed by atoms with van der Waals surface area (Å²) in [6, 6.07) is 8.24. The molecule has 1 aromatic carbocycles. The van der Waals surface area contributed by atoms with Crippen LogP contribution in [0.5, 0.6) is 5.75 Å². The van der Waals surface area contributed by atoms with Crippen molar-refractivity contribution in [3.63, 3.8) is 0 Å². The van der Waals surface area contributed by atoms with Gasteiger partial charge in [0.25, 0.3) is 0 Å². The average Bonchev–Trinajstić information content (AvgIpc) is 2.83. The van der Waals surface area contributed by atoms with Gasteiger partial charge in [0, 0.05) is 12.0 Å². The van der Waals surface area contributed by atoms with Crippen molar-refractivity contribution in [2.45, 2.75) is 48.0 Å². The van der Waals surface area contributed by atoms with Crippen molar-refractivity contribution in [1.29, 1.82) is 0 Å². The van der Waals surface area contributed by atoms with E-state index >= 15 is 0 Å². The number of allylic oxidation sites excluding steroid dienone is 2. The van der Waals surface area contributed by atoms with E-state index in [1.54, 1.807) is 7.11 Å². The smallest absolute Gasteiger partial charge is 0.138 e. The fourth-order valence-corrected chi connectivity index (χ4v) is 3.26. The third-order valence-electron chi connectivity index (χ3n) is 4.31. The maximum Gasteiger partial charge on any atom is 0.138 e. The second-order valence-electron chi connectivity index (χ2n) is 6.50. The Balaban J connectivity index is 2.70. The van der Waals surface area contributed by atoms with E-state index < -0.39 is 0 Å². The highest BCUT2D eigenvalue weighted by Gasteiger charge is 2.23. The normalized spacial score (nSPS) is 11.0. The summed E-state index contributed by atoms with van der Waals surface area (Å²) in [7, 11) is 1.69. The molecule has 0 atom stereocenters. The number of furan rings is 1. The lowest BCUT2D eigenvalue weighted by Crippen LogP contribution is -1.97. The first-order valence-electron chi connectivity index (χ1n) is 8.35. The lowest BCUT2D eigenvalue weighted by Gasteiger charge is -2.14. The molecule has 0 unspecified atom stereocenters. The molecule has 0 radical (unpaired) electrons. The summed E-state index contributed by atoms with van der Waals surface area (Å²) in [5.41, 5.74) is 6.26. The zero-order chi connectivity index (χ0) is 17.1. The molecule has 0 aliphatic carbocycles. The molecule has 0 fully saturated rings. The molecule has 2 heteroatoms. The minimum absolute atomic E-state index is 0.423. The minimum Gasteiger partial charge on any atom is -0.497 e. The van der Waals surface area contributed by atoms with E-state index in [1.165, 1.54) is 27.8 Å². The van der Waals surface area contributed by atoms with Crippen LogP contribution >= 0.6 is 0 Å². The lowest BCUT2D eigenvalue weighted by molar-refractivity contribution is 0.415. The first-order valence-corrected chi connectivity index (χ1v) is 8.35. The zero-order valence-corrected chi connectivity index (χ0v) is 15.4. The second-order valence-corrected chi connectivity index (χ2v) is 6.50. The summed E-state index contributed by atoms with van der Waals surface area (Å²) < 4.78 is 11.6. The molecule has 0 saturated heterocycles. The third-order valence-corrected chi connectivity index (χ3v) is 4.31. The maximum absolute atomic E-state index is 6.30. The van der Waals surface area contributed by atoms with Gasteiger partial charge in [-0.25, -0.2) is 0 Å². The van der Waals surface area contributed by atoms with Gasteiger partial charge in [-0.2, -0.15) is 0 Å². The highest BCUT2D eigenvalue weighted by atomic mass is 16.5. The fourth-order valence-electron chi connectivity index (χ4n) is 3.26. The van der Waals surface area contributed by atoms with Gasteiger partial charge in [0.15, 0.2) is 0 Å². The molecule has 124 valence electrons. The Bertz CT molecular complexity index is 696. The van der Waals surface area contributed by atoms with Gasteiger partial charge in [-0.05, 0) is 55.5 Å². The van der Waals surface area contributed by atoms with Gasteiger partial charge in [0.2, 0.25) is 0 Å². The summed E-state index contributed by atoms with van der Waals surface area (Å²) in [4.78, 5) is 0. The van der Waals surface area contributed by atoms with Crippen LogP contribution in [0, 0.1) is 12.8 Å². The molecule has 0 saturated carbocycles. The Hall–Kier alpha value is -1.96. The van der Waals surface area contributed by atoms with E-state index in [1.807, 2.05) is 12.1 Å². The predicted octanol–water partition coefficient (Wildman–Crippen LogP) is 6.28. The van der Waals surface area contributed by atoms with Gasteiger partial charge in [-0.1, -0.05) is 38.5 Å². The Morgan fingerprint density at radius 1 is 1.13 bits per heavy atom. The van der Waals surface area contributed by atoms with Crippen LogP contribution in [0.1, 0.15) is 51.7 Å². The van der Waals surface area contributed by atoms with E-state index in [2.05, 4.69) is 53.7 Å². The van der Waals surface area contributed by atoms with E-state index in [-0.39, 0.29) is 0 Å². The molecule has 0 spiro atoms. The number of methoxy groups -OCH3 is 1. The average molecular weight is 312 g/mol. The molecule has 2 aromatic rings. The van der Waals surface area contributed by atoms with Gasteiger partial charge >= 0.3 is 0 Å². The van der Waals surface area contributed by atoms with E-state index in [0.29, 0.717) is 5.92 Å². The molecule has 1 aromatic heterocycles. The van der Waals surface area contributed by atoms with Crippen LogP contribution in [-0.4, -0.2) is 7.11 Å². The van der Waals surface area contributed by atoms with Crippen LogP contribution in [0.2, 0.25) is 0 Å². The van der Waals surface area contributed by atoms with E-state index in [9.17, 15) is 0 Å². The van der Waals surface area contributed by atoms with E-state index in [0.717, 1.165) is 23.7 Å². The number of hydrogen-bond donors (Lipinski definition) is 0. The number of ether oxygens (including phenoxy) is 1. The van der Waals surface area contributed by atoms with Crippen molar-refractivity contribution in [2.75, 3.05) is 7.11 Å². The summed E-state index contributed by atoms with van der Waals surface area (Å²) >= 11 is 0. The first kappa shape index (κ1) is 17.4. The Kier molecular flexibility index (Phi) is 5.35. The summed E-state index contributed by atoms with van der Waals surface area (Å²) in [5.74, 6) is 3.40. The largest absolute Gasteiger partial charge is 0.497 e. The summed E-state index contributed by atoms with van der Waals surface area (Å²) in [6.45, 7) is 13.1. The Labute approximate surface area is 140 Å². The molecule has 0 N–H and O–H groups in total. The van der Waals surface area contributed by atoms with Gasteiger partial charge < -0.3 is 9.15 Å². The van der Waals surface area contributed by atoms with Gasteiger partial charge in [0.1, 0.15) is 17.3 Å². The van der Waals surface area contributed by atoms with Gasteiger partial charge in [-0.15, -0.1) is 0 Å². The Morgan fingerprint density at radius 3 is 2.17 bits per heavy atom. The Morgan fingerprint density at radius 2 is 1.74 bits per heavy atom. The second kappa shape index (κ2) is 7.08. The molecule has 2 rings (SSSR count). The van der Waals surface area contributed by atoms with Crippen LogP contribution in [0.3, 0.4) is 0 Å². The van der Waals surface area contributed by atoms with Gasteiger partial charge in [-0.3, -0.25) is 0 Å². The fraction of sp³-hybridized carbons (Fsp3) is 0.429. The highest BCUT2D eigenvalue weighted by molar-refractivity contribution is 5.83.